The molecule has 3 N–H and O–H groups in total. The zero-order valence-electron chi connectivity index (χ0n) is 23.6. The summed E-state index contributed by atoms with van der Waals surface area (Å²) < 4.78 is 6.46. The number of fused-ring (bicyclic) bond motifs is 1. The molecule has 0 spiro atoms. The van der Waals surface area contributed by atoms with Gasteiger partial charge in [-0.3, -0.25) is 19.6 Å². The number of hydrogen-bond donors (Lipinski definition) is 3. The van der Waals surface area contributed by atoms with E-state index >= 15 is 0 Å². The van der Waals surface area contributed by atoms with Gasteiger partial charge in [-0.15, -0.1) is 11.3 Å². The maximum atomic E-state index is 12.3. The van der Waals surface area contributed by atoms with Crippen LogP contribution in [0.5, 0.6) is 11.5 Å². The molecule has 2 amide bonds. The summed E-state index contributed by atoms with van der Waals surface area (Å²) in [7, 11) is 0. The molecular weight excluding hydrogens is 612 g/mol. The van der Waals surface area contributed by atoms with Crippen LogP contribution in [-0.2, 0) is 0 Å². The third kappa shape index (κ3) is 7.66. The standard InChI is InChI=1S/C33H25ClN6O4S/c1-2-24-22(19-38-40-33(43)28-14-15-29(34)45-28)10-12-26(41)30(24)36-17-18-44-27-13-11-23(25-9-6-16-35-31(25)27)20-37-39-32(42)21-7-4-3-5-8-21/h2-17,19-20,41H,1,18H2,(H,39,42)(H,40,43)/b36-17?,37-20+,38-19+. The Balaban J connectivity index is 1.26. The van der Waals surface area contributed by atoms with E-state index in [1.54, 1.807) is 67.0 Å². The number of aromatic hydroxyl groups is 1. The zero-order valence-corrected chi connectivity index (χ0v) is 25.1. The summed E-state index contributed by atoms with van der Waals surface area (Å²) in [6.07, 6.45) is 7.69. The fourth-order valence-electron chi connectivity index (χ4n) is 4.19. The number of pyridine rings is 1. The van der Waals surface area contributed by atoms with E-state index in [0.717, 1.165) is 22.3 Å². The fraction of sp³-hybridized carbons (Fsp3) is 0.0303. The van der Waals surface area contributed by atoms with Crippen molar-refractivity contribution in [2.45, 2.75) is 0 Å². The molecule has 0 saturated heterocycles. The Morgan fingerprint density at radius 3 is 2.44 bits per heavy atom. The lowest BCUT2D eigenvalue weighted by molar-refractivity contribution is 0.0949. The van der Waals surface area contributed by atoms with Crippen molar-refractivity contribution in [3.05, 3.63) is 123 Å². The van der Waals surface area contributed by atoms with Gasteiger partial charge < -0.3 is 9.84 Å². The van der Waals surface area contributed by atoms with E-state index in [0.29, 0.717) is 37.2 Å². The first-order valence-electron chi connectivity index (χ1n) is 13.4. The number of phenolic OH excluding ortho intramolecular Hbond substituents is 1. The molecule has 45 heavy (non-hydrogen) atoms. The molecule has 224 valence electrons. The average Bonchev–Trinajstić information content (AvgIpc) is 3.51. The number of hydrogen-bond acceptors (Lipinski definition) is 9. The van der Waals surface area contributed by atoms with Gasteiger partial charge in [0.15, 0.2) is 0 Å². The first-order chi connectivity index (χ1) is 21.9. The van der Waals surface area contributed by atoms with Gasteiger partial charge in [0.2, 0.25) is 0 Å². The highest BCUT2D eigenvalue weighted by atomic mass is 35.5. The van der Waals surface area contributed by atoms with Gasteiger partial charge in [0, 0.05) is 40.1 Å². The first-order valence-corrected chi connectivity index (χ1v) is 14.6. The second-order valence-corrected chi connectivity index (χ2v) is 10.9. The molecule has 0 aliphatic carbocycles. The Bertz CT molecular complexity index is 1960. The van der Waals surface area contributed by atoms with E-state index in [1.807, 2.05) is 18.2 Å². The number of carbonyl (C=O) groups is 2. The van der Waals surface area contributed by atoms with Crippen LogP contribution in [0.15, 0.2) is 107 Å². The Morgan fingerprint density at radius 2 is 1.69 bits per heavy atom. The predicted molar refractivity (Wildman–Crippen MR) is 179 cm³/mol. The Morgan fingerprint density at radius 1 is 0.933 bits per heavy atom. The van der Waals surface area contributed by atoms with E-state index in [1.165, 1.54) is 24.6 Å². The molecule has 5 aromatic rings. The summed E-state index contributed by atoms with van der Waals surface area (Å²) in [4.78, 5) is 33.8. The van der Waals surface area contributed by atoms with Gasteiger partial charge in [0.1, 0.15) is 29.3 Å². The number of rotatable bonds is 11. The lowest BCUT2D eigenvalue weighted by Crippen LogP contribution is -2.17. The number of benzene rings is 3. The zero-order chi connectivity index (χ0) is 31.6. The number of nitrogens with one attached hydrogen (secondary N) is 2. The van der Waals surface area contributed by atoms with E-state index in [2.05, 4.69) is 37.6 Å². The summed E-state index contributed by atoms with van der Waals surface area (Å²) in [5.41, 5.74) is 8.18. The minimum absolute atomic E-state index is 0.0642. The Labute approximate surface area is 267 Å². The van der Waals surface area contributed by atoms with Crippen LogP contribution in [0.3, 0.4) is 0 Å². The molecule has 0 unspecified atom stereocenters. The van der Waals surface area contributed by atoms with Gasteiger partial charge in [-0.25, -0.2) is 10.9 Å². The quantitative estimate of drug-likeness (QED) is 0.111. The lowest BCUT2D eigenvalue weighted by atomic mass is 10.1. The van der Waals surface area contributed by atoms with Crippen molar-refractivity contribution in [3.63, 3.8) is 0 Å². The monoisotopic (exact) mass is 636 g/mol. The number of carbonyl (C=O) groups excluding carboxylic acids is 2. The summed E-state index contributed by atoms with van der Waals surface area (Å²) in [6.45, 7) is 3.90. The van der Waals surface area contributed by atoms with Crippen molar-refractivity contribution in [1.82, 2.24) is 15.8 Å². The highest BCUT2D eigenvalue weighted by Crippen LogP contribution is 2.33. The van der Waals surface area contributed by atoms with Gasteiger partial charge in [-0.2, -0.15) is 10.2 Å². The number of aromatic nitrogens is 1. The van der Waals surface area contributed by atoms with Gasteiger partial charge >= 0.3 is 0 Å². The van der Waals surface area contributed by atoms with Crippen LogP contribution in [0.25, 0.3) is 17.0 Å². The summed E-state index contributed by atoms with van der Waals surface area (Å²) in [5, 5.41) is 19.4. The molecule has 10 nitrogen and oxygen atoms in total. The third-order valence-corrected chi connectivity index (χ3v) is 7.54. The molecule has 0 aliphatic heterocycles. The van der Waals surface area contributed by atoms with Gasteiger partial charge in [-0.1, -0.05) is 48.5 Å². The number of phenols is 1. The van der Waals surface area contributed by atoms with E-state index in [4.69, 9.17) is 16.3 Å². The second kappa shape index (κ2) is 14.7. The third-order valence-electron chi connectivity index (χ3n) is 6.31. The molecule has 0 bridgehead atoms. The summed E-state index contributed by atoms with van der Waals surface area (Å²) >= 11 is 7.03. The molecule has 0 saturated carbocycles. The van der Waals surface area contributed by atoms with Crippen LogP contribution in [0.4, 0.5) is 5.69 Å². The molecule has 2 heterocycles. The Kier molecular flexibility index (Phi) is 10.1. The first kappa shape index (κ1) is 30.8. The van der Waals surface area contributed by atoms with Crippen LogP contribution in [0, 0.1) is 0 Å². The summed E-state index contributed by atoms with van der Waals surface area (Å²) in [5.74, 6) is -0.261. The minimum atomic E-state index is -0.394. The average molecular weight is 637 g/mol. The molecule has 0 fully saturated rings. The number of amides is 2. The highest BCUT2D eigenvalue weighted by Gasteiger charge is 2.11. The van der Waals surface area contributed by atoms with Crippen molar-refractivity contribution in [1.29, 1.82) is 0 Å². The maximum Gasteiger partial charge on any atom is 0.281 e. The van der Waals surface area contributed by atoms with E-state index in [-0.39, 0.29) is 24.0 Å². The topological polar surface area (TPSA) is 138 Å². The van der Waals surface area contributed by atoms with Crippen LogP contribution in [0.2, 0.25) is 4.34 Å². The van der Waals surface area contributed by atoms with Crippen molar-refractivity contribution in [2.75, 3.05) is 6.61 Å². The number of hydrazone groups is 2. The predicted octanol–water partition coefficient (Wildman–Crippen LogP) is 6.61. The van der Waals surface area contributed by atoms with Crippen LogP contribution in [-0.4, -0.2) is 47.2 Å². The summed E-state index contributed by atoms with van der Waals surface area (Å²) in [6, 6.07) is 22.4. The highest BCUT2D eigenvalue weighted by molar-refractivity contribution is 7.18. The van der Waals surface area contributed by atoms with Gasteiger partial charge in [0.25, 0.3) is 11.8 Å². The number of ether oxygens (including phenoxy) is 1. The largest absolute Gasteiger partial charge is 0.506 e. The molecule has 0 aliphatic rings. The minimum Gasteiger partial charge on any atom is -0.506 e. The molecule has 3 aromatic carbocycles. The van der Waals surface area contributed by atoms with Crippen molar-refractivity contribution >= 4 is 76.1 Å². The van der Waals surface area contributed by atoms with Gasteiger partial charge in [-0.05, 0) is 54.6 Å². The number of nitrogens with zero attached hydrogens (tertiary/aromatic N) is 4. The Hall–Kier alpha value is -5.65. The van der Waals surface area contributed by atoms with Crippen molar-refractivity contribution in [3.8, 4) is 11.5 Å². The second-order valence-electron chi connectivity index (χ2n) is 9.18. The maximum absolute atomic E-state index is 12.3. The molecule has 2 aromatic heterocycles. The SMILES string of the molecule is C=Cc1c(/C=N/NC(=O)c2ccc(Cl)s2)ccc(O)c1N=CCOc1ccc(/C=N/NC(=O)c2ccccc2)c2cccnc12. The molecule has 5 rings (SSSR count). The van der Waals surface area contributed by atoms with Gasteiger partial charge in [0.05, 0.1) is 21.6 Å². The lowest BCUT2D eigenvalue weighted by Gasteiger charge is -2.09. The number of thiophene rings is 1. The smallest absolute Gasteiger partial charge is 0.281 e. The number of aliphatic imine (C=N–C) groups is 1. The van der Waals surface area contributed by atoms with E-state index < -0.39 is 5.91 Å². The van der Waals surface area contributed by atoms with Crippen LogP contribution >= 0.6 is 22.9 Å². The molecule has 12 heteroatoms. The molecule has 0 radical (unpaired) electrons. The molecule has 0 atom stereocenters. The fourth-order valence-corrected chi connectivity index (χ4v) is 5.13. The van der Waals surface area contributed by atoms with Crippen LogP contribution in [0.1, 0.15) is 36.7 Å². The molecular formula is C33H25ClN6O4S. The van der Waals surface area contributed by atoms with E-state index in [9.17, 15) is 14.7 Å². The number of halogens is 1. The normalized spacial score (nSPS) is 11.4. The van der Waals surface area contributed by atoms with Crippen LogP contribution < -0.4 is 15.6 Å². The van der Waals surface area contributed by atoms with Crippen molar-refractivity contribution < 1.29 is 19.4 Å². The van der Waals surface area contributed by atoms with Crippen molar-refractivity contribution in [2.24, 2.45) is 15.2 Å².